The molecular weight excluding hydrogens is 368 g/mol. The molecule has 0 bridgehead atoms. The molecule has 8 heteroatoms. The third-order valence-corrected chi connectivity index (χ3v) is 6.06. The summed E-state index contributed by atoms with van der Waals surface area (Å²) in [5.74, 6) is -2.42. The highest BCUT2D eigenvalue weighted by Gasteiger charge is 2.42. The molecule has 6 nitrogen and oxygen atoms in total. The second-order valence-corrected chi connectivity index (χ2v) is 7.86. The van der Waals surface area contributed by atoms with Crippen molar-refractivity contribution in [3.8, 4) is 0 Å². The average Bonchev–Trinajstić information content (AvgIpc) is 3.27. The first-order valence-corrected chi connectivity index (χ1v) is 9.76. The van der Waals surface area contributed by atoms with Gasteiger partial charge in [0.1, 0.15) is 11.6 Å². The number of amides is 3. The van der Waals surface area contributed by atoms with E-state index in [1.807, 2.05) is 4.90 Å². The second-order valence-electron chi connectivity index (χ2n) is 7.86. The lowest BCUT2D eigenvalue weighted by molar-refractivity contribution is -0.140. The maximum Gasteiger partial charge on any atom is 0.228 e. The van der Waals surface area contributed by atoms with E-state index in [0.29, 0.717) is 19.5 Å². The van der Waals surface area contributed by atoms with Crippen molar-refractivity contribution in [1.82, 2.24) is 10.2 Å². The van der Waals surface area contributed by atoms with Crippen LogP contribution in [0.3, 0.4) is 0 Å². The van der Waals surface area contributed by atoms with Crippen LogP contribution in [0.25, 0.3) is 0 Å². The SMILES string of the molecule is O=C1C[C@H]([C@@H]2CCCCN2C(=O)[C@@H]2CC(=O)N(c3ccc(F)cc3F)C2)CN1. The van der Waals surface area contributed by atoms with Crippen LogP contribution in [0.5, 0.6) is 0 Å². The van der Waals surface area contributed by atoms with Gasteiger partial charge in [-0.3, -0.25) is 14.4 Å². The topological polar surface area (TPSA) is 69.7 Å². The third-order valence-electron chi connectivity index (χ3n) is 6.06. The van der Waals surface area contributed by atoms with Crippen LogP contribution in [0.15, 0.2) is 18.2 Å². The number of nitrogens with one attached hydrogen (secondary N) is 1. The largest absolute Gasteiger partial charge is 0.356 e. The third kappa shape index (κ3) is 3.47. The first-order chi connectivity index (χ1) is 13.4. The standard InChI is InChI=1S/C20H23F2N3O3/c21-14-4-5-17(15(22)9-14)25-11-13(8-19(25)27)20(28)24-6-2-1-3-16(24)12-7-18(26)23-10-12/h4-5,9,12-13,16H,1-3,6-8,10-11H2,(H,23,26)/t12-,13+,16-/m0/s1. The van der Waals surface area contributed by atoms with E-state index in [0.717, 1.165) is 31.4 Å². The summed E-state index contributed by atoms with van der Waals surface area (Å²) >= 11 is 0. The van der Waals surface area contributed by atoms with Crippen LogP contribution in [0.1, 0.15) is 32.1 Å². The van der Waals surface area contributed by atoms with Gasteiger partial charge >= 0.3 is 0 Å². The molecule has 4 rings (SSSR count). The maximum atomic E-state index is 14.1. The zero-order valence-corrected chi connectivity index (χ0v) is 15.5. The number of halogens is 2. The van der Waals surface area contributed by atoms with Crippen LogP contribution in [0.2, 0.25) is 0 Å². The maximum absolute atomic E-state index is 14.1. The quantitative estimate of drug-likeness (QED) is 0.855. The van der Waals surface area contributed by atoms with E-state index < -0.39 is 17.6 Å². The number of likely N-dealkylation sites (tertiary alicyclic amines) is 1. The lowest BCUT2D eigenvalue weighted by Gasteiger charge is -2.40. The summed E-state index contributed by atoms with van der Waals surface area (Å²) in [6.45, 7) is 1.28. The summed E-state index contributed by atoms with van der Waals surface area (Å²) in [7, 11) is 0. The Morgan fingerprint density at radius 1 is 1.14 bits per heavy atom. The van der Waals surface area contributed by atoms with Gasteiger partial charge in [0.05, 0.1) is 11.6 Å². The predicted molar refractivity (Wildman–Crippen MR) is 97.3 cm³/mol. The molecule has 3 aliphatic rings. The number of nitrogens with zero attached hydrogens (tertiary/aromatic N) is 2. The van der Waals surface area contributed by atoms with Crippen LogP contribution < -0.4 is 10.2 Å². The molecule has 3 saturated heterocycles. The number of rotatable bonds is 3. The van der Waals surface area contributed by atoms with Gasteiger partial charge in [0.15, 0.2) is 0 Å². The Morgan fingerprint density at radius 3 is 2.68 bits per heavy atom. The predicted octanol–water partition coefficient (Wildman–Crippen LogP) is 1.83. The molecule has 3 fully saturated rings. The van der Waals surface area contributed by atoms with Crippen molar-refractivity contribution >= 4 is 23.4 Å². The lowest BCUT2D eigenvalue weighted by atomic mass is 9.88. The summed E-state index contributed by atoms with van der Waals surface area (Å²) in [6.07, 6.45) is 3.19. The van der Waals surface area contributed by atoms with Crippen LogP contribution in [-0.4, -0.2) is 48.3 Å². The van der Waals surface area contributed by atoms with Gasteiger partial charge in [0, 0.05) is 50.5 Å². The number of piperidine rings is 1. The molecule has 0 spiro atoms. The Kier molecular flexibility index (Phi) is 5.03. The lowest BCUT2D eigenvalue weighted by Crippen LogP contribution is -2.50. The molecule has 1 N–H and O–H groups in total. The number of anilines is 1. The summed E-state index contributed by atoms with van der Waals surface area (Å²) in [5.41, 5.74) is 0.00230. The van der Waals surface area contributed by atoms with Crippen molar-refractivity contribution < 1.29 is 23.2 Å². The normalized spacial score (nSPS) is 28.0. The monoisotopic (exact) mass is 391 g/mol. The van der Waals surface area contributed by atoms with Gasteiger partial charge in [-0.1, -0.05) is 0 Å². The molecular formula is C20H23F2N3O3. The Bertz CT molecular complexity index is 816. The molecule has 0 saturated carbocycles. The molecule has 3 atom stereocenters. The molecule has 1 aromatic rings. The van der Waals surface area contributed by atoms with Gasteiger partial charge in [-0.25, -0.2) is 8.78 Å². The summed E-state index contributed by atoms with van der Waals surface area (Å²) < 4.78 is 27.3. The Hall–Kier alpha value is -2.51. The highest BCUT2D eigenvalue weighted by Crippen LogP contribution is 2.33. The van der Waals surface area contributed by atoms with Crippen molar-refractivity contribution in [3.63, 3.8) is 0 Å². The first-order valence-electron chi connectivity index (χ1n) is 9.76. The van der Waals surface area contributed by atoms with Gasteiger partial charge in [0.25, 0.3) is 0 Å². The van der Waals surface area contributed by atoms with Gasteiger partial charge in [-0.05, 0) is 31.4 Å². The van der Waals surface area contributed by atoms with E-state index in [1.165, 1.54) is 11.0 Å². The highest BCUT2D eigenvalue weighted by atomic mass is 19.1. The summed E-state index contributed by atoms with van der Waals surface area (Å²) in [4.78, 5) is 40.3. The van der Waals surface area contributed by atoms with Crippen molar-refractivity contribution in [2.45, 2.75) is 38.1 Å². The first kappa shape index (κ1) is 18.8. The van der Waals surface area contributed by atoms with Crippen molar-refractivity contribution in [1.29, 1.82) is 0 Å². The van der Waals surface area contributed by atoms with E-state index >= 15 is 0 Å². The molecule has 150 valence electrons. The van der Waals surface area contributed by atoms with Crippen molar-refractivity contribution in [3.05, 3.63) is 29.8 Å². The minimum atomic E-state index is -0.812. The van der Waals surface area contributed by atoms with Gasteiger partial charge in [-0.15, -0.1) is 0 Å². The Morgan fingerprint density at radius 2 is 1.96 bits per heavy atom. The van der Waals surface area contributed by atoms with Gasteiger partial charge in [-0.2, -0.15) is 0 Å². The molecule has 0 unspecified atom stereocenters. The molecule has 0 aromatic heterocycles. The van der Waals surface area contributed by atoms with Crippen LogP contribution in [0, 0.1) is 23.5 Å². The van der Waals surface area contributed by atoms with Crippen LogP contribution in [0.4, 0.5) is 14.5 Å². The summed E-state index contributed by atoms with van der Waals surface area (Å²) in [5, 5.41) is 2.83. The fourth-order valence-electron chi connectivity index (χ4n) is 4.66. The van der Waals surface area contributed by atoms with Crippen LogP contribution >= 0.6 is 0 Å². The van der Waals surface area contributed by atoms with E-state index in [4.69, 9.17) is 0 Å². The van der Waals surface area contributed by atoms with Gasteiger partial charge in [0.2, 0.25) is 17.7 Å². The molecule has 3 aliphatic heterocycles. The van der Waals surface area contributed by atoms with E-state index in [2.05, 4.69) is 5.32 Å². The Labute approximate surface area is 161 Å². The fourth-order valence-corrected chi connectivity index (χ4v) is 4.66. The van der Waals surface area contributed by atoms with Crippen molar-refractivity contribution in [2.75, 3.05) is 24.5 Å². The van der Waals surface area contributed by atoms with Gasteiger partial charge < -0.3 is 15.1 Å². The zero-order chi connectivity index (χ0) is 19.8. The van der Waals surface area contributed by atoms with E-state index in [1.54, 1.807) is 0 Å². The molecule has 3 amide bonds. The smallest absolute Gasteiger partial charge is 0.228 e. The number of hydrogen-bond acceptors (Lipinski definition) is 3. The minimum Gasteiger partial charge on any atom is -0.356 e. The molecule has 0 radical (unpaired) electrons. The molecule has 3 heterocycles. The molecule has 0 aliphatic carbocycles. The Balaban J connectivity index is 1.49. The van der Waals surface area contributed by atoms with Crippen molar-refractivity contribution in [2.24, 2.45) is 11.8 Å². The van der Waals surface area contributed by atoms with Crippen LogP contribution in [-0.2, 0) is 14.4 Å². The van der Waals surface area contributed by atoms with E-state index in [9.17, 15) is 23.2 Å². The average molecular weight is 391 g/mol. The molecule has 1 aromatic carbocycles. The highest BCUT2D eigenvalue weighted by molar-refractivity contribution is 6.00. The number of benzene rings is 1. The second kappa shape index (κ2) is 7.48. The minimum absolute atomic E-state index is 0.00230. The fraction of sp³-hybridized carbons (Fsp3) is 0.550. The zero-order valence-electron chi connectivity index (χ0n) is 15.5. The van der Waals surface area contributed by atoms with E-state index in [-0.39, 0.29) is 48.3 Å². The number of carbonyl (C=O) groups excluding carboxylic acids is 3. The number of hydrogen-bond donors (Lipinski definition) is 1. The molecule has 28 heavy (non-hydrogen) atoms. The summed E-state index contributed by atoms with van der Waals surface area (Å²) in [6, 6.07) is 3.07. The number of carbonyl (C=O) groups is 3.